The molecule has 0 fully saturated rings. The van der Waals surface area contributed by atoms with E-state index in [1.165, 1.54) is 23.1 Å². The average Bonchev–Trinajstić information content (AvgIpc) is 2.85. The van der Waals surface area contributed by atoms with Crippen molar-refractivity contribution >= 4 is 46.6 Å². The molecule has 0 aromatic heterocycles. The summed E-state index contributed by atoms with van der Waals surface area (Å²) in [6, 6.07) is 17.7. The summed E-state index contributed by atoms with van der Waals surface area (Å²) in [4.78, 5) is 28.7. The van der Waals surface area contributed by atoms with E-state index in [1.807, 2.05) is 44.2 Å². The first-order valence-electron chi connectivity index (χ1n) is 11.7. The van der Waals surface area contributed by atoms with Crippen molar-refractivity contribution in [3.05, 3.63) is 104 Å². The highest BCUT2D eigenvalue weighted by molar-refractivity contribution is 6.35. The largest absolute Gasteiger partial charge is 0.352 e. The zero-order chi connectivity index (χ0) is 26.2. The Hall–Kier alpha value is -2.60. The molecule has 0 spiro atoms. The summed E-state index contributed by atoms with van der Waals surface area (Å²) >= 11 is 18.7. The maximum absolute atomic E-state index is 14.6. The minimum absolute atomic E-state index is 0.0341. The van der Waals surface area contributed by atoms with Gasteiger partial charge in [0.1, 0.15) is 11.9 Å². The fourth-order valence-electron chi connectivity index (χ4n) is 3.78. The molecule has 4 nitrogen and oxygen atoms in total. The average molecular weight is 550 g/mol. The summed E-state index contributed by atoms with van der Waals surface area (Å²) in [6.45, 7) is 3.90. The van der Waals surface area contributed by atoms with E-state index in [4.69, 9.17) is 34.8 Å². The van der Waals surface area contributed by atoms with Gasteiger partial charge in [-0.25, -0.2) is 4.39 Å². The predicted molar refractivity (Wildman–Crippen MR) is 144 cm³/mol. The van der Waals surface area contributed by atoms with Gasteiger partial charge in [-0.2, -0.15) is 0 Å². The van der Waals surface area contributed by atoms with Gasteiger partial charge in [0, 0.05) is 39.6 Å². The molecule has 2 atom stereocenters. The first-order chi connectivity index (χ1) is 17.2. The lowest BCUT2D eigenvalue weighted by Gasteiger charge is -2.32. The van der Waals surface area contributed by atoms with Gasteiger partial charge in [0.25, 0.3) is 0 Å². The molecular formula is C28H28Cl3FN2O2. The molecule has 3 rings (SSSR count). The molecule has 0 bridgehead atoms. The number of carbonyl (C=O) groups excluding carboxylic acids is 2. The van der Waals surface area contributed by atoms with Crippen LogP contribution >= 0.6 is 34.8 Å². The number of nitrogens with zero attached hydrogens (tertiary/aromatic N) is 1. The SMILES string of the molecule is CC[C@@H](C)NC(=O)[C@@H](Cc1ccccc1)N(Cc1ccc(Cl)cc1Cl)C(=O)Cc1c(F)cccc1Cl. The maximum atomic E-state index is 14.6. The number of nitrogens with one attached hydrogen (secondary N) is 1. The molecule has 36 heavy (non-hydrogen) atoms. The van der Waals surface area contributed by atoms with Crippen molar-refractivity contribution in [3.63, 3.8) is 0 Å². The highest BCUT2D eigenvalue weighted by atomic mass is 35.5. The van der Waals surface area contributed by atoms with Gasteiger partial charge in [0.15, 0.2) is 0 Å². The molecule has 1 N–H and O–H groups in total. The third kappa shape index (κ3) is 7.45. The lowest BCUT2D eigenvalue weighted by Crippen LogP contribution is -2.52. The molecule has 0 aliphatic rings. The Bertz CT molecular complexity index is 1190. The molecule has 0 unspecified atom stereocenters. The lowest BCUT2D eigenvalue weighted by atomic mass is 10.0. The molecule has 0 saturated heterocycles. The van der Waals surface area contributed by atoms with Gasteiger partial charge in [0.2, 0.25) is 11.8 Å². The molecule has 0 radical (unpaired) electrons. The van der Waals surface area contributed by atoms with Crippen LogP contribution < -0.4 is 5.32 Å². The van der Waals surface area contributed by atoms with Crippen molar-refractivity contribution in [2.24, 2.45) is 0 Å². The molecule has 0 saturated carbocycles. The van der Waals surface area contributed by atoms with Gasteiger partial charge in [-0.1, -0.05) is 84.2 Å². The Morgan fingerprint density at radius 1 is 0.972 bits per heavy atom. The van der Waals surface area contributed by atoms with Gasteiger partial charge in [-0.05, 0) is 48.7 Å². The van der Waals surface area contributed by atoms with E-state index in [0.29, 0.717) is 15.6 Å². The summed E-state index contributed by atoms with van der Waals surface area (Å²) in [5.74, 6) is -1.33. The van der Waals surface area contributed by atoms with Crippen LogP contribution in [0.5, 0.6) is 0 Å². The second kappa shape index (κ2) is 13.1. The summed E-state index contributed by atoms with van der Waals surface area (Å²) in [5, 5.41) is 3.96. The standard InChI is InChI=1S/C28H28Cl3FN2O2/c1-3-18(2)33-28(36)26(14-19-8-5-4-6-9-19)34(17-20-12-13-21(29)15-24(20)31)27(35)16-22-23(30)10-7-11-25(22)32/h4-13,15,18,26H,3,14,16-17H2,1-2H3,(H,33,36)/t18-,26-/m1/s1. The zero-order valence-corrected chi connectivity index (χ0v) is 22.4. The van der Waals surface area contributed by atoms with Crippen molar-refractivity contribution in [1.29, 1.82) is 0 Å². The fraction of sp³-hybridized carbons (Fsp3) is 0.286. The summed E-state index contributed by atoms with van der Waals surface area (Å²) in [6.07, 6.45) is 0.690. The number of halogens is 4. The molecular weight excluding hydrogens is 522 g/mol. The number of rotatable bonds is 10. The van der Waals surface area contributed by atoms with E-state index in [9.17, 15) is 14.0 Å². The van der Waals surface area contributed by atoms with Crippen molar-refractivity contribution in [3.8, 4) is 0 Å². The Kier molecular flexibility index (Phi) is 10.2. The van der Waals surface area contributed by atoms with E-state index >= 15 is 0 Å². The second-order valence-corrected chi connectivity index (χ2v) is 9.91. The summed E-state index contributed by atoms with van der Waals surface area (Å²) in [7, 11) is 0. The third-order valence-corrected chi connectivity index (χ3v) is 6.96. The van der Waals surface area contributed by atoms with Crippen LogP contribution in [0, 0.1) is 5.82 Å². The smallest absolute Gasteiger partial charge is 0.243 e. The Morgan fingerprint density at radius 2 is 1.69 bits per heavy atom. The number of benzene rings is 3. The number of carbonyl (C=O) groups is 2. The highest BCUT2D eigenvalue weighted by Crippen LogP contribution is 2.26. The zero-order valence-electron chi connectivity index (χ0n) is 20.1. The molecule has 3 aromatic rings. The van der Waals surface area contributed by atoms with Crippen molar-refractivity contribution in [2.75, 3.05) is 0 Å². The van der Waals surface area contributed by atoms with Crippen LogP contribution in [0.2, 0.25) is 15.1 Å². The van der Waals surface area contributed by atoms with E-state index in [0.717, 1.165) is 12.0 Å². The first-order valence-corrected chi connectivity index (χ1v) is 12.8. The molecule has 3 aromatic carbocycles. The van der Waals surface area contributed by atoms with Crippen molar-refractivity contribution < 1.29 is 14.0 Å². The minimum Gasteiger partial charge on any atom is -0.352 e. The van der Waals surface area contributed by atoms with Gasteiger partial charge in [-0.3, -0.25) is 9.59 Å². The number of hydrogen-bond donors (Lipinski definition) is 1. The molecule has 0 aliphatic heterocycles. The van der Waals surface area contributed by atoms with Crippen LogP contribution in [0.3, 0.4) is 0 Å². The van der Waals surface area contributed by atoms with Gasteiger partial charge in [0.05, 0.1) is 6.42 Å². The molecule has 0 aliphatic carbocycles. The fourth-order valence-corrected chi connectivity index (χ4v) is 4.48. The van der Waals surface area contributed by atoms with Crippen LogP contribution in [-0.4, -0.2) is 28.8 Å². The number of amides is 2. The minimum atomic E-state index is -0.869. The second-order valence-electron chi connectivity index (χ2n) is 8.66. The third-order valence-electron chi connectivity index (χ3n) is 6.02. The Labute approximate surface area is 226 Å². The van der Waals surface area contributed by atoms with Crippen LogP contribution in [0.4, 0.5) is 4.39 Å². The first kappa shape index (κ1) is 28.0. The Balaban J connectivity index is 2.04. The highest BCUT2D eigenvalue weighted by Gasteiger charge is 2.32. The van der Waals surface area contributed by atoms with E-state index in [2.05, 4.69) is 5.32 Å². The van der Waals surface area contributed by atoms with Crippen molar-refractivity contribution in [2.45, 2.75) is 51.7 Å². The van der Waals surface area contributed by atoms with Crippen LogP contribution in [0.15, 0.2) is 66.7 Å². The van der Waals surface area contributed by atoms with Crippen molar-refractivity contribution in [1.82, 2.24) is 10.2 Å². The van der Waals surface area contributed by atoms with Gasteiger partial charge in [-0.15, -0.1) is 0 Å². The molecule has 2 amide bonds. The van der Waals surface area contributed by atoms with E-state index in [1.54, 1.807) is 18.2 Å². The quantitative estimate of drug-likeness (QED) is 0.300. The molecule has 8 heteroatoms. The number of hydrogen-bond acceptors (Lipinski definition) is 2. The van der Waals surface area contributed by atoms with Crippen LogP contribution in [0.25, 0.3) is 0 Å². The van der Waals surface area contributed by atoms with E-state index in [-0.39, 0.29) is 41.9 Å². The van der Waals surface area contributed by atoms with Crippen LogP contribution in [-0.2, 0) is 29.0 Å². The van der Waals surface area contributed by atoms with E-state index < -0.39 is 17.8 Å². The summed E-state index contributed by atoms with van der Waals surface area (Å²) < 4.78 is 14.6. The summed E-state index contributed by atoms with van der Waals surface area (Å²) in [5.41, 5.74) is 1.58. The monoisotopic (exact) mass is 548 g/mol. The normalized spacial score (nSPS) is 12.6. The molecule has 0 heterocycles. The van der Waals surface area contributed by atoms with Crippen LogP contribution in [0.1, 0.15) is 37.0 Å². The maximum Gasteiger partial charge on any atom is 0.243 e. The molecule has 190 valence electrons. The van der Waals surface area contributed by atoms with Gasteiger partial charge >= 0.3 is 0 Å². The lowest BCUT2D eigenvalue weighted by molar-refractivity contribution is -0.141. The Morgan fingerprint density at radius 3 is 2.33 bits per heavy atom. The predicted octanol–water partition coefficient (Wildman–Crippen LogP) is 6.88. The topological polar surface area (TPSA) is 49.4 Å². The van der Waals surface area contributed by atoms with Gasteiger partial charge < -0.3 is 10.2 Å².